The van der Waals surface area contributed by atoms with E-state index in [1.165, 1.54) is 19.1 Å². The van der Waals surface area contributed by atoms with Gasteiger partial charge in [-0.1, -0.05) is 24.3 Å². The molecule has 0 aliphatic heterocycles. The van der Waals surface area contributed by atoms with Crippen molar-refractivity contribution in [1.29, 1.82) is 0 Å². The maximum Gasteiger partial charge on any atom is 0.343 e. The Hall–Kier alpha value is -3.81. The SMILES string of the molecule is CCOC(=O)C(C=Nc1cc2ccccc2cc1O)=C(O)c1cc(F)cc(F)c1F. The van der Waals surface area contributed by atoms with E-state index < -0.39 is 40.3 Å². The fraction of sp³-hybridized carbons (Fsp3) is 0.0909. The summed E-state index contributed by atoms with van der Waals surface area (Å²) < 4.78 is 45.9. The van der Waals surface area contributed by atoms with Crippen molar-refractivity contribution in [1.82, 2.24) is 0 Å². The fourth-order valence-electron chi connectivity index (χ4n) is 2.75. The van der Waals surface area contributed by atoms with E-state index in [4.69, 9.17) is 4.74 Å². The van der Waals surface area contributed by atoms with E-state index in [9.17, 15) is 28.2 Å². The number of esters is 1. The van der Waals surface area contributed by atoms with Gasteiger partial charge in [-0.15, -0.1) is 0 Å². The highest BCUT2D eigenvalue weighted by atomic mass is 19.2. The van der Waals surface area contributed by atoms with Crippen LogP contribution < -0.4 is 0 Å². The van der Waals surface area contributed by atoms with E-state index in [0.29, 0.717) is 12.1 Å². The minimum Gasteiger partial charge on any atom is -0.506 e. The maximum atomic E-state index is 14.1. The summed E-state index contributed by atoms with van der Waals surface area (Å²) in [6.07, 6.45) is 0.833. The number of phenols is 1. The van der Waals surface area contributed by atoms with Gasteiger partial charge in [0.15, 0.2) is 11.6 Å². The number of carbonyl (C=O) groups excluding carboxylic acids is 1. The van der Waals surface area contributed by atoms with Crippen LogP contribution in [0.1, 0.15) is 12.5 Å². The standard InChI is InChI=1S/C22H16F3NO4/c1-2-30-22(29)16(21(28)15-9-14(23)10-17(24)20(15)25)11-26-18-7-12-5-3-4-6-13(12)8-19(18)27/h3-11,27-28H,2H2,1H3. The molecule has 0 atom stereocenters. The van der Waals surface area contributed by atoms with Gasteiger partial charge in [-0.2, -0.15) is 0 Å². The number of aliphatic hydroxyl groups is 1. The van der Waals surface area contributed by atoms with Gasteiger partial charge in [0.25, 0.3) is 0 Å². The number of aromatic hydroxyl groups is 1. The number of benzene rings is 3. The van der Waals surface area contributed by atoms with Crippen molar-refractivity contribution < 1.29 is 32.9 Å². The number of ether oxygens (including phenoxy) is 1. The predicted octanol–water partition coefficient (Wildman–Crippen LogP) is 5.20. The van der Waals surface area contributed by atoms with Crippen molar-refractivity contribution >= 4 is 34.4 Å². The molecule has 0 aliphatic carbocycles. The zero-order chi connectivity index (χ0) is 21.8. The lowest BCUT2D eigenvalue weighted by Gasteiger charge is -2.09. The first-order chi connectivity index (χ1) is 14.3. The number of halogens is 3. The average Bonchev–Trinajstić information content (AvgIpc) is 2.71. The Labute approximate surface area is 169 Å². The van der Waals surface area contributed by atoms with Crippen LogP contribution >= 0.6 is 0 Å². The predicted molar refractivity (Wildman–Crippen MR) is 106 cm³/mol. The topological polar surface area (TPSA) is 79.1 Å². The van der Waals surface area contributed by atoms with Gasteiger partial charge in [0.05, 0.1) is 12.2 Å². The Morgan fingerprint density at radius 3 is 2.43 bits per heavy atom. The number of carbonyl (C=O) groups is 1. The van der Waals surface area contributed by atoms with Crippen LogP contribution in [-0.2, 0) is 9.53 Å². The maximum absolute atomic E-state index is 14.1. The summed E-state index contributed by atoms with van der Waals surface area (Å²) in [5, 5.41) is 22.0. The third kappa shape index (κ3) is 4.27. The fourth-order valence-corrected chi connectivity index (χ4v) is 2.75. The molecule has 0 radical (unpaired) electrons. The van der Waals surface area contributed by atoms with E-state index in [1.54, 1.807) is 24.3 Å². The highest BCUT2D eigenvalue weighted by Gasteiger charge is 2.22. The van der Waals surface area contributed by atoms with E-state index in [1.807, 2.05) is 0 Å². The average molecular weight is 415 g/mol. The summed E-state index contributed by atoms with van der Waals surface area (Å²) in [7, 11) is 0. The van der Waals surface area contributed by atoms with Crippen molar-refractivity contribution in [3.63, 3.8) is 0 Å². The van der Waals surface area contributed by atoms with Crippen LogP contribution in [0.15, 0.2) is 59.1 Å². The van der Waals surface area contributed by atoms with Crippen molar-refractivity contribution in [2.75, 3.05) is 6.61 Å². The molecule has 30 heavy (non-hydrogen) atoms. The Bertz CT molecular complexity index is 1190. The van der Waals surface area contributed by atoms with Crippen LogP contribution in [0, 0.1) is 17.5 Å². The quantitative estimate of drug-likeness (QED) is 0.197. The van der Waals surface area contributed by atoms with Gasteiger partial charge in [0.1, 0.15) is 28.6 Å². The lowest BCUT2D eigenvalue weighted by molar-refractivity contribution is -0.137. The van der Waals surface area contributed by atoms with Crippen LogP contribution in [0.2, 0.25) is 0 Å². The number of nitrogens with zero attached hydrogens (tertiary/aromatic N) is 1. The normalized spacial score (nSPS) is 12.3. The van der Waals surface area contributed by atoms with Crippen LogP contribution in [0.4, 0.5) is 18.9 Å². The number of rotatable bonds is 5. The molecule has 5 nitrogen and oxygen atoms in total. The number of fused-ring (bicyclic) bond motifs is 1. The number of phenolic OH excluding ortho intramolecular Hbond substituents is 1. The van der Waals surface area contributed by atoms with Gasteiger partial charge in [-0.3, -0.25) is 4.99 Å². The number of aliphatic imine (C=N–C) groups is 1. The third-order valence-corrected chi connectivity index (χ3v) is 4.17. The first-order valence-corrected chi connectivity index (χ1v) is 8.83. The summed E-state index contributed by atoms with van der Waals surface area (Å²) in [6, 6.07) is 10.9. The smallest absolute Gasteiger partial charge is 0.343 e. The molecule has 0 aliphatic rings. The number of aliphatic hydroxyl groups excluding tert-OH is 1. The second-order valence-corrected chi connectivity index (χ2v) is 6.18. The summed E-state index contributed by atoms with van der Waals surface area (Å²) in [5.41, 5.74) is -1.47. The summed E-state index contributed by atoms with van der Waals surface area (Å²) in [6.45, 7) is 1.42. The van der Waals surface area contributed by atoms with Crippen LogP contribution in [0.5, 0.6) is 5.75 Å². The first-order valence-electron chi connectivity index (χ1n) is 8.83. The zero-order valence-corrected chi connectivity index (χ0v) is 15.7. The number of hydrogen-bond acceptors (Lipinski definition) is 5. The molecule has 0 unspecified atom stereocenters. The van der Waals surface area contributed by atoms with Crippen molar-refractivity contribution in [3.05, 3.63) is 77.1 Å². The summed E-state index contributed by atoms with van der Waals surface area (Å²) in [4.78, 5) is 16.2. The van der Waals surface area contributed by atoms with Crippen LogP contribution in [-0.4, -0.2) is 29.0 Å². The highest BCUT2D eigenvalue weighted by Crippen LogP contribution is 2.32. The molecular formula is C22H16F3NO4. The van der Waals surface area contributed by atoms with Gasteiger partial charge in [-0.05, 0) is 35.9 Å². The Balaban J connectivity index is 2.13. The Kier molecular flexibility index (Phi) is 6.06. The molecule has 0 bridgehead atoms. The lowest BCUT2D eigenvalue weighted by atomic mass is 10.1. The largest absolute Gasteiger partial charge is 0.506 e. The molecule has 0 aromatic heterocycles. The first kappa shape index (κ1) is 20.9. The molecule has 0 spiro atoms. The van der Waals surface area contributed by atoms with Crippen LogP contribution in [0.3, 0.4) is 0 Å². The molecule has 0 heterocycles. The van der Waals surface area contributed by atoms with Gasteiger partial charge in [0, 0.05) is 12.3 Å². The minimum atomic E-state index is -1.54. The number of hydrogen-bond donors (Lipinski definition) is 2. The Morgan fingerprint density at radius 1 is 1.10 bits per heavy atom. The molecule has 0 saturated carbocycles. The van der Waals surface area contributed by atoms with E-state index >= 15 is 0 Å². The molecule has 3 rings (SSSR count). The van der Waals surface area contributed by atoms with Crippen LogP contribution in [0.25, 0.3) is 16.5 Å². The van der Waals surface area contributed by atoms with E-state index in [-0.39, 0.29) is 18.0 Å². The molecule has 0 fully saturated rings. The van der Waals surface area contributed by atoms with Gasteiger partial charge in [-0.25, -0.2) is 18.0 Å². The molecule has 3 aromatic rings. The second-order valence-electron chi connectivity index (χ2n) is 6.18. The van der Waals surface area contributed by atoms with E-state index in [0.717, 1.165) is 17.0 Å². The molecule has 2 N–H and O–H groups in total. The summed E-state index contributed by atoms with van der Waals surface area (Å²) >= 11 is 0. The summed E-state index contributed by atoms with van der Waals surface area (Å²) in [5.74, 6) is -6.60. The Morgan fingerprint density at radius 2 is 1.77 bits per heavy atom. The van der Waals surface area contributed by atoms with Gasteiger partial charge < -0.3 is 14.9 Å². The molecule has 0 amide bonds. The van der Waals surface area contributed by atoms with Gasteiger partial charge in [0.2, 0.25) is 0 Å². The highest BCUT2D eigenvalue weighted by molar-refractivity contribution is 6.15. The lowest BCUT2D eigenvalue weighted by Crippen LogP contribution is -2.12. The van der Waals surface area contributed by atoms with Crippen molar-refractivity contribution in [2.45, 2.75) is 6.92 Å². The molecule has 0 saturated heterocycles. The van der Waals surface area contributed by atoms with Gasteiger partial charge >= 0.3 is 5.97 Å². The zero-order valence-electron chi connectivity index (χ0n) is 15.7. The molecule has 154 valence electrons. The van der Waals surface area contributed by atoms with Crippen molar-refractivity contribution in [2.24, 2.45) is 4.99 Å². The molecule has 8 heteroatoms. The molecular weight excluding hydrogens is 399 g/mol. The molecule has 3 aromatic carbocycles. The van der Waals surface area contributed by atoms with Crippen molar-refractivity contribution in [3.8, 4) is 5.75 Å². The van der Waals surface area contributed by atoms with E-state index in [2.05, 4.69) is 4.99 Å². The monoisotopic (exact) mass is 415 g/mol. The second kappa shape index (κ2) is 8.69. The minimum absolute atomic E-state index is 0.0502. The third-order valence-electron chi connectivity index (χ3n) is 4.17.